The van der Waals surface area contributed by atoms with E-state index < -0.39 is 5.60 Å². The molecule has 1 saturated heterocycles. The lowest BCUT2D eigenvalue weighted by atomic mass is 9.84. The highest BCUT2D eigenvalue weighted by Crippen LogP contribution is 2.33. The van der Waals surface area contributed by atoms with Crippen LogP contribution in [-0.4, -0.2) is 76.8 Å². The SMILES string of the molecule is O=C(CCCN1CCC(O)(c2ccc(Cl)cc2)CC1)c1ccc(OCCSSCCO)cc1.O=CO. The number of carboxylic acid groups (broad SMARTS) is 1. The summed E-state index contributed by atoms with van der Waals surface area (Å²) in [5, 5.41) is 27.3. The van der Waals surface area contributed by atoms with Gasteiger partial charge in [0.15, 0.2) is 5.78 Å². The predicted molar refractivity (Wildman–Crippen MR) is 147 cm³/mol. The third kappa shape index (κ3) is 10.7. The van der Waals surface area contributed by atoms with Crippen LogP contribution < -0.4 is 4.74 Å². The fourth-order valence-electron chi connectivity index (χ4n) is 3.89. The molecule has 0 bridgehead atoms. The summed E-state index contributed by atoms with van der Waals surface area (Å²) in [6.45, 7) is 3.03. The molecule has 0 aliphatic carbocycles. The third-order valence-electron chi connectivity index (χ3n) is 5.81. The molecule has 1 fully saturated rings. The standard InChI is InChI=1S/C25H32ClNO4S2.CH2O2/c26-22-7-5-21(6-8-22)25(30)11-14-27(15-12-25)13-1-2-24(29)20-3-9-23(10-4-20)31-17-19-33-32-18-16-28;2-1-3/h3-10,28,30H,1-2,11-19H2;1H,(H,2,3). The van der Waals surface area contributed by atoms with Gasteiger partial charge in [0.05, 0.1) is 18.8 Å². The molecule has 2 aromatic rings. The lowest BCUT2D eigenvalue weighted by molar-refractivity contribution is -0.122. The van der Waals surface area contributed by atoms with E-state index >= 15 is 0 Å². The fourth-order valence-corrected chi connectivity index (χ4v) is 5.61. The van der Waals surface area contributed by atoms with E-state index in [1.54, 1.807) is 21.6 Å². The van der Waals surface area contributed by atoms with E-state index in [4.69, 9.17) is 31.3 Å². The van der Waals surface area contributed by atoms with E-state index in [2.05, 4.69) is 4.90 Å². The number of nitrogens with zero attached hydrogens (tertiary/aromatic N) is 1. The van der Waals surface area contributed by atoms with Crippen LogP contribution in [0.4, 0.5) is 0 Å². The maximum Gasteiger partial charge on any atom is 0.290 e. The van der Waals surface area contributed by atoms with Crippen LogP contribution in [0.2, 0.25) is 5.02 Å². The number of benzene rings is 2. The quantitative estimate of drug-likeness (QED) is 0.140. The molecule has 0 radical (unpaired) electrons. The lowest BCUT2D eigenvalue weighted by Crippen LogP contribution is -2.42. The van der Waals surface area contributed by atoms with Crippen LogP contribution in [0, 0.1) is 0 Å². The number of likely N-dealkylation sites (tertiary alicyclic amines) is 1. The van der Waals surface area contributed by atoms with Gasteiger partial charge in [-0.25, -0.2) is 0 Å². The summed E-state index contributed by atoms with van der Waals surface area (Å²) in [6.07, 6.45) is 2.68. The number of aliphatic hydroxyl groups is 2. The number of carbonyl (C=O) groups excluding carboxylic acids is 1. The molecule has 1 aliphatic rings. The number of Topliss-reactive ketones (excluding diaryl/α,β-unsaturated/α-hetero) is 1. The van der Waals surface area contributed by atoms with Gasteiger partial charge in [-0.15, -0.1) is 0 Å². The molecular weight excluding hydrogens is 522 g/mol. The summed E-state index contributed by atoms with van der Waals surface area (Å²) in [5.41, 5.74) is 0.844. The summed E-state index contributed by atoms with van der Waals surface area (Å²) in [7, 11) is 3.31. The number of piperidine rings is 1. The molecule has 0 spiro atoms. The van der Waals surface area contributed by atoms with Gasteiger partial charge in [0, 0.05) is 41.6 Å². The number of aliphatic hydroxyl groups excluding tert-OH is 1. The van der Waals surface area contributed by atoms with Crippen molar-refractivity contribution in [1.29, 1.82) is 0 Å². The van der Waals surface area contributed by atoms with Crippen LogP contribution in [0.15, 0.2) is 48.5 Å². The van der Waals surface area contributed by atoms with E-state index in [-0.39, 0.29) is 18.9 Å². The van der Waals surface area contributed by atoms with Gasteiger partial charge >= 0.3 is 0 Å². The molecule has 0 unspecified atom stereocenters. The van der Waals surface area contributed by atoms with Crippen molar-refractivity contribution >= 4 is 45.4 Å². The molecule has 7 nitrogen and oxygen atoms in total. The molecule has 0 saturated carbocycles. The zero-order chi connectivity index (χ0) is 26.2. The predicted octanol–water partition coefficient (Wildman–Crippen LogP) is 4.74. The topological polar surface area (TPSA) is 107 Å². The van der Waals surface area contributed by atoms with Gasteiger partial charge in [0.1, 0.15) is 5.75 Å². The van der Waals surface area contributed by atoms with Crippen molar-refractivity contribution in [3.05, 3.63) is 64.7 Å². The smallest absolute Gasteiger partial charge is 0.290 e. The summed E-state index contributed by atoms with van der Waals surface area (Å²) < 4.78 is 5.69. The van der Waals surface area contributed by atoms with E-state index in [1.165, 1.54) is 0 Å². The molecule has 0 atom stereocenters. The monoisotopic (exact) mass is 555 g/mol. The van der Waals surface area contributed by atoms with Gasteiger partial charge in [0.2, 0.25) is 0 Å². The second-order valence-electron chi connectivity index (χ2n) is 8.25. The van der Waals surface area contributed by atoms with Crippen LogP contribution in [0.3, 0.4) is 0 Å². The van der Waals surface area contributed by atoms with Crippen LogP contribution in [0.1, 0.15) is 41.6 Å². The molecule has 3 rings (SSSR count). The molecule has 198 valence electrons. The second kappa shape index (κ2) is 16.9. The van der Waals surface area contributed by atoms with Gasteiger partial charge in [-0.1, -0.05) is 45.3 Å². The van der Waals surface area contributed by atoms with Crippen molar-refractivity contribution in [2.75, 3.05) is 44.4 Å². The minimum Gasteiger partial charge on any atom is -0.493 e. The lowest BCUT2D eigenvalue weighted by Gasteiger charge is -2.38. The number of halogens is 1. The highest BCUT2D eigenvalue weighted by atomic mass is 35.5. The molecule has 3 N–H and O–H groups in total. The van der Waals surface area contributed by atoms with E-state index in [9.17, 15) is 9.90 Å². The molecule has 0 aromatic heterocycles. The van der Waals surface area contributed by atoms with Crippen LogP contribution >= 0.6 is 33.2 Å². The Bertz CT molecular complexity index is 906. The van der Waals surface area contributed by atoms with E-state index in [0.717, 1.165) is 48.9 Å². The van der Waals surface area contributed by atoms with Crippen molar-refractivity contribution in [1.82, 2.24) is 4.90 Å². The Kier molecular flexibility index (Phi) is 14.3. The van der Waals surface area contributed by atoms with Crippen LogP contribution in [0.5, 0.6) is 5.75 Å². The van der Waals surface area contributed by atoms with Crippen molar-refractivity contribution in [2.24, 2.45) is 0 Å². The van der Waals surface area contributed by atoms with Crippen molar-refractivity contribution in [2.45, 2.75) is 31.3 Å². The van der Waals surface area contributed by atoms with Crippen molar-refractivity contribution in [3.63, 3.8) is 0 Å². The zero-order valence-electron chi connectivity index (χ0n) is 20.2. The summed E-state index contributed by atoms with van der Waals surface area (Å²) >= 11 is 5.96. The molecule has 1 aliphatic heterocycles. The summed E-state index contributed by atoms with van der Waals surface area (Å²) in [5.74, 6) is 2.48. The minimum atomic E-state index is -0.794. The Hall–Kier alpha value is -1.75. The normalized spacial score (nSPS) is 15.0. The minimum absolute atomic E-state index is 0.146. The Labute approximate surface area is 225 Å². The average Bonchev–Trinajstić information content (AvgIpc) is 2.88. The first-order valence-electron chi connectivity index (χ1n) is 11.8. The first kappa shape index (κ1) is 30.5. The Morgan fingerprint density at radius 1 is 1.06 bits per heavy atom. The van der Waals surface area contributed by atoms with Gasteiger partial charge < -0.3 is 25.0 Å². The molecule has 10 heteroatoms. The molecule has 36 heavy (non-hydrogen) atoms. The maximum atomic E-state index is 12.5. The number of carbonyl (C=O) groups is 2. The number of ketones is 1. The van der Waals surface area contributed by atoms with Crippen molar-refractivity contribution < 1.29 is 29.6 Å². The Morgan fingerprint density at radius 3 is 2.28 bits per heavy atom. The summed E-state index contributed by atoms with van der Waals surface area (Å²) in [6, 6.07) is 14.8. The van der Waals surface area contributed by atoms with Crippen molar-refractivity contribution in [3.8, 4) is 5.75 Å². The molecule has 1 heterocycles. The number of rotatable bonds is 13. The van der Waals surface area contributed by atoms with Gasteiger partial charge in [0.25, 0.3) is 6.47 Å². The number of ether oxygens (including phenoxy) is 1. The Balaban J connectivity index is 0.00000145. The van der Waals surface area contributed by atoms with Gasteiger partial charge in [-0.3, -0.25) is 9.59 Å². The van der Waals surface area contributed by atoms with Crippen LogP contribution in [0.25, 0.3) is 0 Å². The highest BCUT2D eigenvalue weighted by Gasteiger charge is 2.33. The molecule has 2 aromatic carbocycles. The van der Waals surface area contributed by atoms with E-state index in [0.29, 0.717) is 36.5 Å². The van der Waals surface area contributed by atoms with Gasteiger partial charge in [-0.2, -0.15) is 0 Å². The highest BCUT2D eigenvalue weighted by molar-refractivity contribution is 8.76. The number of hydrogen-bond donors (Lipinski definition) is 3. The fraction of sp³-hybridized carbons (Fsp3) is 0.462. The van der Waals surface area contributed by atoms with Crippen LogP contribution in [-0.2, 0) is 10.4 Å². The second-order valence-corrected chi connectivity index (χ2v) is 11.4. The Morgan fingerprint density at radius 2 is 1.67 bits per heavy atom. The molecular formula is C26H34ClNO6S2. The largest absolute Gasteiger partial charge is 0.493 e. The first-order valence-corrected chi connectivity index (χ1v) is 14.7. The average molecular weight is 556 g/mol. The number of hydrogen-bond acceptors (Lipinski definition) is 8. The third-order valence-corrected chi connectivity index (χ3v) is 8.41. The van der Waals surface area contributed by atoms with E-state index in [1.807, 2.05) is 48.5 Å². The molecule has 0 amide bonds. The summed E-state index contributed by atoms with van der Waals surface area (Å²) in [4.78, 5) is 23.2. The maximum absolute atomic E-state index is 12.5. The zero-order valence-corrected chi connectivity index (χ0v) is 22.6. The van der Waals surface area contributed by atoms with Gasteiger partial charge in [-0.05, 0) is 67.8 Å². The first-order chi connectivity index (χ1) is 17.4.